The second-order valence-electron chi connectivity index (χ2n) is 10.4. The molecule has 0 saturated heterocycles. The van der Waals surface area contributed by atoms with Crippen LogP contribution in [0.2, 0.25) is 0 Å². The lowest BCUT2D eigenvalue weighted by Gasteiger charge is -2.17. The molecule has 10 nitrogen and oxygen atoms in total. The number of rotatable bonds is 10. The van der Waals surface area contributed by atoms with Gasteiger partial charge < -0.3 is 29.9 Å². The molecule has 1 amide bonds. The van der Waals surface area contributed by atoms with Crippen molar-refractivity contribution in [2.45, 2.75) is 24.7 Å². The van der Waals surface area contributed by atoms with Gasteiger partial charge in [0.1, 0.15) is 11.5 Å². The van der Waals surface area contributed by atoms with Gasteiger partial charge in [0, 0.05) is 84.3 Å². The van der Waals surface area contributed by atoms with E-state index in [1.165, 1.54) is 0 Å². The van der Waals surface area contributed by atoms with Crippen LogP contribution in [-0.4, -0.2) is 58.2 Å². The molecule has 0 spiro atoms. The van der Waals surface area contributed by atoms with Crippen molar-refractivity contribution < 1.29 is 24.2 Å². The molecule has 45 heavy (non-hydrogen) atoms. The minimum atomic E-state index is -0.842. The summed E-state index contributed by atoms with van der Waals surface area (Å²) in [5, 5.41) is 13.9. The van der Waals surface area contributed by atoms with Crippen molar-refractivity contribution in [2.75, 3.05) is 21.3 Å². The van der Waals surface area contributed by atoms with Crippen molar-refractivity contribution in [3.8, 4) is 11.5 Å². The highest BCUT2D eigenvalue weighted by Crippen LogP contribution is 2.39. The lowest BCUT2D eigenvalue weighted by Crippen LogP contribution is -2.21. The number of hydrogen-bond acceptors (Lipinski definition) is 6. The van der Waals surface area contributed by atoms with Gasteiger partial charge in [-0.25, -0.2) is 0 Å². The Morgan fingerprint density at radius 2 is 1.18 bits per heavy atom. The summed E-state index contributed by atoms with van der Waals surface area (Å²) < 4.78 is 10.9. The highest BCUT2D eigenvalue weighted by Gasteiger charge is 2.24. The fourth-order valence-corrected chi connectivity index (χ4v) is 5.71. The predicted octanol–water partition coefficient (Wildman–Crippen LogP) is 6.02. The minimum Gasteiger partial charge on any atom is -0.496 e. The number of aromatic nitrogens is 4. The summed E-state index contributed by atoms with van der Waals surface area (Å²) in [6.07, 6.45) is 11.0. The van der Waals surface area contributed by atoms with Crippen molar-refractivity contribution in [1.29, 1.82) is 0 Å². The van der Waals surface area contributed by atoms with Crippen molar-refractivity contribution >= 4 is 33.7 Å². The number of nitrogens with zero attached hydrogens (tertiary/aromatic N) is 2. The molecule has 0 fully saturated rings. The molecule has 230 valence electrons. The molecule has 0 radical (unpaired) electrons. The lowest BCUT2D eigenvalue weighted by molar-refractivity contribution is -0.137. The van der Waals surface area contributed by atoms with Crippen LogP contribution >= 0.6 is 0 Å². The molecular formula is C35H35N5O5. The third-order valence-corrected chi connectivity index (χ3v) is 7.85. The van der Waals surface area contributed by atoms with Gasteiger partial charge >= 0.3 is 5.97 Å². The summed E-state index contributed by atoms with van der Waals surface area (Å²) in [5.41, 5.74) is 5.86. The van der Waals surface area contributed by atoms with Crippen LogP contribution in [0.1, 0.15) is 46.9 Å². The van der Waals surface area contributed by atoms with Gasteiger partial charge in [-0.3, -0.25) is 19.6 Å². The van der Waals surface area contributed by atoms with E-state index < -0.39 is 5.97 Å². The van der Waals surface area contributed by atoms with Gasteiger partial charge in [0.25, 0.3) is 0 Å². The molecule has 2 unspecified atom stereocenters. The first-order chi connectivity index (χ1) is 21.9. The SMILES string of the molecule is CNC(=O)CC(c1ccncc1)c1c[nH]c2cccc(OC)c12.COc1cccc2[nH]cc(C(CC(=O)O)c3ccncc3)c12. The molecule has 0 aliphatic heterocycles. The molecule has 0 aliphatic carbocycles. The number of fused-ring (bicyclic) bond motifs is 2. The van der Waals surface area contributed by atoms with E-state index in [1.807, 2.05) is 73.1 Å². The molecule has 0 saturated carbocycles. The summed E-state index contributed by atoms with van der Waals surface area (Å²) in [7, 11) is 4.93. The van der Waals surface area contributed by atoms with Crippen molar-refractivity contribution in [1.82, 2.24) is 25.3 Å². The topological polar surface area (TPSA) is 142 Å². The average molecular weight is 606 g/mol. The molecule has 0 aliphatic rings. The van der Waals surface area contributed by atoms with Crippen LogP contribution in [0, 0.1) is 0 Å². The van der Waals surface area contributed by atoms with Gasteiger partial charge in [-0.15, -0.1) is 0 Å². The molecule has 6 rings (SSSR count). The number of carboxylic acid groups (broad SMARTS) is 1. The second-order valence-corrected chi connectivity index (χ2v) is 10.4. The fraction of sp³-hybridized carbons (Fsp3) is 0.200. The number of benzene rings is 2. The maximum Gasteiger partial charge on any atom is 0.304 e. The van der Waals surface area contributed by atoms with E-state index in [9.17, 15) is 14.7 Å². The normalized spacial score (nSPS) is 12.2. The maximum atomic E-state index is 12.0. The third-order valence-electron chi connectivity index (χ3n) is 7.85. The number of aliphatic carboxylic acids is 1. The van der Waals surface area contributed by atoms with Gasteiger partial charge in [0.15, 0.2) is 0 Å². The zero-order valence-electron chi connectivity index (χ0n) is 25.3. The number of amides is 1. The zero-order chi connectivity index (χ0) is 31.8. The summed E-state index contributed by atoms with van der Waals surface area (Å²) in [6.45, 7) is 0. The van der Waals surface area contributed by atoms with Crippen molar-refractivity contribution in [3.63, 3.8) is 0 Å². The van der Waals surface area contributed by atoms with Gasteiger partial charge in [-0.1, -0.05) is 12.1 Å². The summed E-state index contributed by atoms with van der Waals surface area (Å²) >= 11 is 0. The molecule has 4 N–H and O–H groups in total. The second kappa shape index (κ2) is 14.2. The first kappa shape index (κ1) is 30.8. The van der Waals surface area contributed by atoms with Crippen molar-refractivity contribution in [2.24, 2.45) is 0 Å². The van der Waals surface area contributed by atoms with E-state index in [-0.39, 0.29) is 24.2 Å². The molecular weight excluding hydrogens is 570 g/mol. The van der Waals surface area contributed by atoms with Crippen LogP contribution in [0.15, 0.2) is 97.8 Å². The zero-order valence-corrected chi connectivity index (χ0v) is 25.3. The van der Waals surface area contributed by atoms with Crippen LogP contribution < -0.4 is 14.8 Å². The van der Waals surface area contributed by atoms with Gasteiger partial charge in [0.2, 0.25) is 5.91 Å². The van der Waals surface area contributed by atoms with E-state index in [0.29, 0.717) is 6.42 Å². The number of H-pyrrole nitrogens is 2. The number of hydrogen-bond donors (Lipinski definition) is 4. The van der Waals surface area contributed by atoms with Gasteiger partial charge in [-0.2, -0.15) is 0 Å². The molecule has 2 atom stereocenters. The van der Waals surface area contributed by atoms with E-state index >= 15 is 0 Å². The smallest absolute Gasteiger partial charge is 0.304 e. The van der Waals surface area contributed by atoms with Crippen LogP contribution in [0.3, 0.4) is 0 Å². The Bertz CT molecular complexity index is 1880. The number of carbonyl (C=O) groups excluding carboxylic acids is 1. The first-order valence-corrected chi connectivity index (χ1v) is 14.4. The average Bonchev–Trinajstić information content (AvgIpc) is 3.72. The Labute approximate surface area is 260 Å². The Kier molecular flexibility index (Phi) is 9.74. The Morgan fingerprint density at radius 3 is 1.58 bits per heavy atom. The Morgan fingerprint density at radius 1 is 0.733 bits per heavy atom. The first-order valence-electron chi connectivity index (χ1n) is 14.4. The molecule has 4 aromatic heterocycles. The molecule has 0 bridgehead atoms. The largest absolute Gasteiger partial charge is 0.496 e. The third kappa shape index (κ3) is 6.80. The number of ether oxygens (including phenoxy) is 2. The number of aromatic amines is 2. The molecule has 2 aromatic carbocycles. The number of carboxylic acids is 1. The maximum absolute atomic E-state index is 12.0. The monoisotopic (exact) mass is 605 g/mol. The van der Waals surface area contributed by atoms with Crippen molar-refractivity contribution in [3.05, 3.63) is 120 Å². The van der Waals surface area contributed by atoms with Crippen LogP contribution in [0.4, 0.5) is 0 Å². The highest BCUT2D eigenvalue weighted by atomic mass is 16.5. The van der Waals surface area contributed by atoms with E-state index in [0.717, 1.165) is 55.6 Å². The number of carbonyl (C=O) groups is 2. The van der Waals surface area contributed by atoms with E-state index in [1.54, 1.807) is 46.1 Å². The summed E-state index contributed by atoms with van der Waals surface area (Å²) in [5.74, 6) is 0.364. The Hall–Kier alpha value is -5.64. The van der Waals surface area contributed by atoms with Gasteiger partial charge in [0.05, 0.1) is 20.6 Å². The van der Waals surface area contributed by atoms with E-state index in [4.69, 9.17) is 9.47 Å². The predicted molar refractivity (Wildman–Crippen MR) is 173 cm³/mol. The van der Waals surface area contributed by atoms with Crippen LogP contribution in [0.5, 0.6) is 11.5 Å². The molecule has 6 aromatic rings. The standard InChI is InChI=1S/C18H19N3O2.C17H16N2O3/c1-19-17(22)10-13(12-6-8-20-9-7-12)14-11-21-15-4-3-5-16(23-2)18(14)15;1-22-15-4-2-3-14-17(15)13(10-19-14)12(9-16(20)21)11-5-7-18-8-6-11/h3-9,11,13,21H,10H2,1-2H3,(H,19,22);2-8,10,12,19H,9H2,1H3,(H,20,21). The fourth-order valence-electron chi connectivity index (χ4n) is 5.71. The summed E-state index contributed by atoms with van der Waals surface area (Å²) in [4.78, 5) is 37.9. The lowest BCUT2D eigenvalue weighted by atomic mass is 9.88. The van der Waals surface area contributed by atoms with Gasteiger partial charge in [-0.05, 0) is 70.8 Å². The number of nitrogens with one attached hydrogen (secondary N) is 3. The Balaban J connectivity index is 0.000000178. The van der Waals surface area contributed by atoms with E-state index in [2.05, 4.69) is 25.3 Å². The molecule has 4 heterocycles. The number of methoxy groups -OCH3 is 2. The quantitative estimate of drug-likeness (QED) is 0.150. The summed E-state index contributed by atoms with van der Waals surface area (Å²) in [6, 6.07) is 19.2. The van der Waals surface area contributed by atoms with Crippen LogP contribution in [-0.2, 0) is 9.59 Å². The minimum absolute atomic E-state index is 0.00365. The number of pyridine rings is 2. The van der Waals surface area contributed by atoms with Crippen LogP contribution in [0.25, 0.3) is 21.8 Å². The highest BCUT2D eigenvalue weighted by molar-refractivity contribution is 5.92. The molecule has 10 heteroatoms.